The standard InChI is InChI=1S/C15H20N4O2/c16-14(18-21)10-3-5-11(6-4-10)15(20)17-12-7-9-19-8-1-2-13(12)19/h3-6,12-13,21H,1-2,7-9H2,(H2,16,18)(H,17,20). The van der Waals surface area contributed by atoms with Crippen LogP contribution in [0.5, 0.6) is 0 Å². The van der Waals surface area contributed by atoms with E-state index in [1.54, 1.807) is 24.3 Å². The Balaban J connectivity index is 1.65. The van der Waals surface area contributed by atoms with Crippen LogP contribution in [0.1, 0.15) is 35.2 Å². The molecule has 1 aromatic carbocycles. The third-order valence-corrected chi connectivity index (χ3v) is 4.47. The summed E-state index contributed by atoms with van der Waals surface area (Å²) in [7, 11) is 0. The van der Waals surface area contributed by atoms with Crippen LogP contribution in [0.3, 0.4) is 0 Å². The average Bonchev–Trinajstić information content (AvgIpc) is 3.11. The average molecular weight is 288 g/mol. The maximum absolute atomic E-state index is 12.3. The molecular weight excluding hydrogens is 268 g/mol. The third kappa shape index (κ3) is 2.71. The molecule has 6 nitrogen and oxygen atoms in total. The minimum atomic E-state index is -0.0557. The van der Waals surface area contributed by atoms with Crippen LogP contribution in [0.2, 0.25) is 0 Å². The smallest absolute Gasteiger partial charge is 0.251 e. The minimum Gasteiger partial charge on any atom is -0.409 e. The summed E-state index contributed by atoms with van der Waals surface area (Å²) in [6.07, 6.45) is 3.43. The number of hydrogen-bond acceptors (Lipinski definition) is 4. The molecule has 6 heteroatoms. The van der Waals surface area contributed by atoms with E-state index in [4.69, 9.17) is 10.9 Å². The van der Waals surface area contributed by atoms with Gasteiger partial charge in [0.2, 0.25) is 0 Å². The van der Waals surface area contributed by atoms with Gasteiger partial charge < -0.3 is 16.3 Å². The molecule has 0 radical (unpaired) electrons. The first-order chi connectivity index (χ1) is 10.2. The van der Waals surface area contributed by atoms with Gasteiger partial charge in [-0.1, -0.05) is 17.3 Å². The molecule has 2 aliphatic heterocycles. The third-order valence-electron chi connectivity index (χ3n) is 4.47. The van der Waals surface area contributed by atoms with Crippen molar-refractivity contribution in [1.82, 2.24) is 10.2 Å². The molecule has 2 heterocycles. The van der Waals surface area contributed by atoms with E-state index in [1.165, 1.54) is 12.8 Å². The van der Waals surface area contributed by atoms with Crippen molar-refractivity contribution in [2.24, 2.45) is 10.9 Å². The molecule has 21 heavy (non-hydrogen) atoms. The summed E-state index contributed by atoms with van der Waals surface area (Å²) < 4.78 is 0. The fourth-order valence-electron chi connectivity index (χ4n) is 3.35. The molecule has 2 fully saturated rings. The van der Waals surface area contributed by atoms with Gasteiger partial charge in [0, 0.05) is 29.8 Å². The van der Waals surface area contributed by atoms with E-state index in [-0.39, 0.29) is 17.8 Å². The molecule has 0 bridgehead atoms. The first-order valence-electron chi connectivity index (χ1n) is 7.32. The lowest BCUT2D eigenvalue weighted by Gasteiger charge is -2.21. The van der Waals surface area contributed by atoms with Gasteiger partial charge in [0.15, 0.2) is 5.84 Å². The Bertz CT molecular complexity index is 555. The summed E-state index contributed by atoms with van der Waals surface area (Å²) in [5, 5.41) is 14.7. The fourth-order valence-corrected chi connectivity index (χ4v) is 3.35. The number of amides is 1. The van der Waals surface area contributed by atoms with Crippen molar-refractivity contribution in [3.8, 4) is 0 Å². The van der Waals surface area contributed by atoms with Gasteiger partial charge in [0.25, 0.3) is 5.91 Å². The Morgan fingerprint density at radius 2 is 1.95 bits per heavy atom. The van der Waals surface area contributed by atoms with Gasteiger partial charge >= 0.3 is 0 Å². The monoisotopic (exact) mass is 288 g/mol. The van der Waals surface area contributed by atoms with Crippen molar-refractivity contribution in [1.29, 1.82) is 0 Å². The molecule has 2 atom stereocenters. The fraction of sp³-hybridized carbons (Fsp3) is 0.467. The number of hydrogen-bond donors (Lipinski definition) is 3. The molecule has 2 unspecified atom stereocenters. The van der Waals surface area contributed by atoms with Gasteiger partial charge in [-0.05, 0) is 37.9 Å². The number of oxime groups is 1. The van der Waals surface area contributed by atoms with Crippen molar-refractivity contribution in [3.63, 3.8) is 0 Å². The van der Waals surface area contributed by atoms with Crippen LogP contribution in [0.4, 0.5) is 0 Å². The van der Waals surface area contributed by atoms with Crippen molar-refractivity contribution >= 4 is 11.7 Å². The zero-order valence-corrected chi connectivity index (χ0v) is 11.8. The zero-order chi connectivity index (χ0) is 14.8. The van der Waals surface area contributed by atoms with Crippen molar-refractivity contribution in [3.05, 3.63) is 35.4 Å². The number of fused-ring (bicyclic) bond motifs is 1. The second kappa shape index (κ2) is 5.73. The predicted octanol–water partition coefficient (Wildman–Crippen LogP) is 0.748. The Morgan fingerprint density at radius 1 is 1.24 bits per heavy atom. The first-order valence-corrected chi connectivity index (χ1v) is 7.32. The summed E-state index contributed by atoms with van der Waals surface area (Å²) in [4.78, 5) is 14.8. The summed E-state index contributed by atoms with van der Waals surface area (Å²) in [5.74, 6) is -0.0147. The van der Waals surface area contributed by atoms with Crippen LogP contribution in [-0.2, 0) is 0 Å². The number of nitrogens with two attached hydrogens (primary N) is 1. The Kier molecular flexibility index (Phi) is 3.79. The number of nitrogens with one attached hydrogen (secondary N) is 1. The second-order valence-corrected chi connectivity index (χ2v) is 5.68. The molecule has 2 aliphatic rings. The highest BCUT2D eigenvalue weighted by molar-refractivity contribution is 5.99. The lowest BCUT2D eigenvalue weighted by molar-refractivity contribution is 0.0929. The van der Waals surface area contributed by atoms with E-state index < -0.39 is 0 Å². The highest BCUT2D eigenvalue weighted by Gasteiger charge is 2.37. The van der Waals surface area contributed by atoms with Gasteiger partial charge in [0.1, 0.15) is 0 Å². The van der Waals surface area contributed by atoms with Crippen LogP contribution in [0.15, 0.2) is 29.4 Å². The molecule has 1 aromatic rings. The largest absolute Gasteiger partial charge is 0.409 e. The van der Waals surface area contributed by atoms with Crippen LogP contribution in [0, 0.1) is 0 Å². The van der Waals surface area contributed by atoms with Gasteiger partial charge in [-0.2, -0.15) is 0 Å². The van der Waals surface area contributed by atoms with Crippen LogP contribution in [0.25, 0.3) is 0 Å². The summed E-state index contributed by atoms with van der Waals surface area (Å²) in [5.41, 5.74) is 6.70. The maximum atomic E-state index is 12.3. The van der Waals surface area contributed by atoms with Crippen molar-refractivity contribution < 1.29 is 10.0 Å². The zero-order valence-electron chi connectivity index (χ0n) is 11.8. The van der Waals surface area contributed by atoms with E-state index in [1.807, 2.05) is 0 Å². The SMILES string of the molecule is NC(=NO)c1ccc(C(=O)NC2CCN3CCCC23)cc1. The lowest BCUT2D eigenvalue weighted by atomic mass is 10.1. The van der Waals surface area contributed by atoms with E-state index in [0.29, 0.717) is 17.2 Å². The second-order valence-electron chi connectivity index (χ2n) is 5.68. The van der Waals surface area contributed by atoms with Crippen molar-refractivity contribution in [2.75, 3.05) is 13.1 Å². The molecule has 0 aliphatic carbocycles. The molecule has 4 N–H and O–H groups in total. The number of benzene rings is 1. The highest BCUT2D eigenvalue weighted by atomic mass is 16.4. The Hall–Kier alpha value is -2.08. The number of nitrogens with zero attached hydrogens (tertiary/aromatic N) is 2. The normalized spacial score (nSPS) is 25.8. The number of carbonyl (C=O) groups excluding carboxylic acids is 1. The van der Waals surface area contributed by atoms with E-state index in [0.717, 1.165) is 19.5 Å². The van der Waals surface area contributed by atoms with Crippen molar-refractivity contribution in [2.45, 2.75) is 31.3 Å². The summed E-state index contributed by atoms with van der Waals surface area (Å²) in [6, 6.07) is 7.52. The summed E-state index contributed by atoms with van der Waals surface area (Å²) >= 11 is 0. The minimum absolute atomic E-state index is 0.0411. The predicted molar refractivity (Wildman–Crippen MR) is 79.4 cm³/mol. The molecule has 2 saturated heterocycles. The van der Waals surface area contributed by atoms with E-state index in [2.05, 4.69) is 15.4 Å². The van der Waals surface area contributed by atoms with Crippen LogP contribution < -0.4 is 11.1 Å². The van der Waals surface area contributed by atoms with Crippen LogP contribution in [-0.4, -0.2) is 47.0 Å². The Labute approximate surface area is 123 Å². The lowest BCUT2D eigenvalue weighted by Crippen LogP contribution is -2.42. The topological polar surface area (TPSA) is 91.0 Å². The molecule has 3 rings (SSSR count). The van der Waals surface area contributed by atoms with E-state index >= 15 is 0 Å². The maximum Gasteiger partial charge on any atom is 0.251 e. The summed E-state index contributed by atoms with van der Waals surface area (Å²) in [6.45, 7) is 2.24. The van der Waals surface area contributed by atoms with E-state index in [9.17, 15) is 4.79 Å². The van der Waals surface area contributed by atoms with Gasteiger partial charge in [0.05, 0.1) is 0 Å². The van der Waals surface area contributed by atoms with Gasteiger partial charge in [-0.3, -0.25) is 9.69 Å². The molecule has 0 spiro atoms. The highest BCUT2D eigenvalue weighted by Crippen LogP contribution is 2.28. The van der Waals surface area contributed by atoms with Gasteiger partial charge in [-0.25, -0.2) is 0 Å². The molecule has 0 aromatic heterocycles. The molecule has 1 amide bonds. The first kappa shape index (κ1) is 13.9. The number of amidine groups is 1. The molecule has 112 valence electrons. The van der Waals surface area contributed by atoms with Gasteiger partial charge in [-0.15, -0.1) is 0 Å². The number of carbonyl (C=O) groups is 1. The molecule has 0 saturated carbocycles. The molecular formula is C15H20N4O2. The van der Waals surface area contributed by atoms with Crippen LogP contribution >= 0.6 is 0 Å². The number of rotatable bonds is 3. The Morgan fingerprint density at radius 3 is 2.67 bits per heavy atom. The quantitative estimate of drug-likeness (QED) is 0.331.